The number of fused-ring (bicyclic) bond motifs is 2. The van der Waals surface area contributed by atoms with E-state index in [0.29, 0.717) is 12.6 Å². The van der Waals surface area contributed by atoms with Gasteiger partial charge in [0.25, 0.3) is 0 Å². The fourth-order valence-electron chi connectivity index (χ4n) is 3.86. The average molecular weight is 295 g/mol. The number of rotatable bonds is 2. The molecule has 2 aliphatic heterocycles. The van der Waals surface area contributed by atoms with Gasteiger partial charge < -0.3 is 9.88 Å². The highest BCUT2D eigenvalue weighted by molar-refractivity contribution is 5.96. The minimum atomic E-state index is -0.0621. The van der Waals surface area contributed by atoms with Crippen LogP contribution in [0.4, 0.5) is 0 Å². The van der Waals surface area contributed by atoms with Crippen molar-refractivity contribution in [1.29, 1.82) is 0 Å². The second-order valence-electron chi connectivity index (χ2n) is 6.29. The van der Waals surface area contributed by atoms with Gasteiger partial charge in [-0.15, -0.1) is 0 Å². The Morgan fingerprint density at radius 1 is 1.32 bits per heavy atom. The molecule has 0 unspecified atom stereocenters. The molecule has 0 saturated heterocycles. The summed E-state index contributed by atoms with van der Waals surface area (Å²) in [5.41, 5.74) is 3.89. The van der Waals surface area contributed by atoms with Crippen LogP contribution in [-0.2, 0) is 11.3 Å². The van der Waals surface area contributed by atoms with Gasteiger partial charge in [0, 0.05) is 36.8 Å². The normalized spacial score (nSPS) is 24.0. The number of hydrogen-bond donors (Lipinski definition) is 1. The fourth-order valence-corrected chi connectivity index (χ4v) is 3.86. The number of nitrogens with zero attached hydrogens (tertiary/aromatic N) is 2. The van der Waals surface area contributed by atoms with Crippen molar-refractivity contribution >= 4 is 22.4 Å². The lowest BCUT2D eigenvalue weighted by molar-refractivity contribution is -0.124. The second-order valence-corrected chi connectivity index (χ2v) is 6.29. The van der Waals surface area contributed by atoms with Crippen LogP contribution in [0.5, 0.6) is 0 Å². The summed E-state index contributed by atoms with van der Waals surface area (Å²) >= 11 is 0. The van der Waals surface area contributed by atoms with E-state index in [4.69, 9.17) is 0 Å². The Kier molecular flexibility index (Phi) is 3.08. The number of amides is 1. The summed E-state index contributed by atoms with van der Waals surface area (Å²) in [6.45, 7) is 4.40. The number of nitrogens with one attached hydrogen (secondary N) is 1. The molecule has 1 amide bonds. The Balaban J connectivity index is 1.84. The molecule has 0 bridgehead atoms. The summed E-state index contributed by atoms with van der Waals surface area (Å²) in [7, 11) is 2.12. The van der Waals surface area contributed by atoms with E-state index in [1.54, 1.807) is 0 Å². The molecule has 2 aromatic rings. The molecule has 4 heteroatoms. The van der Waals surface area contributed by atoms with E-state index in [1.165, 1.54) is 22.0 Å². The van der Waals surface area contributed by atoms with E-state index in [9.17, 15) is 4.79 Å². The zero-order valence-electron chi connectivity index (χ0n) is 13.0. The van der Waals surface area contributed by atoms with E-state index < -0.39 is 0 Å². The molecule has 0 fully saturated rings. The van der Waals surface area contributed by atoms with Crippen molar-refractivity contribution in [3.63, 3.8) is 0 Å². The van der Waals surface area contributed by atoms with Crippen LogP contribution in [0.15, 0.2) is 36.5 Å². The van der Waals surface area contributed by atoms with Crippen molar-refractivity contribution in [3.05, 3.63) is 42.1 Å². The predicted molar refractivity (Wildman–Crippen MR) is 88.5 cm³/mol. The molecular formula is C18H21N3O. The van der Waals surface area contributed by atoms with E-state index in [-0.39, 0.29) is 11.8 Å². The first-order chi connectivity index (χ1) is 10.7. The monoisotopic (exact) mass is 295 g/mol. The molecule has 22 heavy (non-hydrogen) atoms. The molecule has 4 rings (SSSR count). The van der Waals surface area contributed by atoms with E-state index in [2.05, 4.69) is 58.4 Å². The molecular weight excluding hydrogens is 274 g/mol. The largest absolute Gasteiger partial charge is 0.356 e. The van der Waals surface area contributed by atoms with Gasteiger partial charge in [0.2, 0.25) is 5.91 Å². The number of likely N-dealkylation sites (N-methyl/N-ethyl adjacent to an activating group) is 1. The van der Waals surface area contributed by atoms with Gasteiger partial charge in [-0.1, -0.05) is 24.3 Å². The molecule has 0 spiro atoms. The summed E-state index contributed by atoms with van der Waals surface area (Å²) in [4.78, 5) is 14.6. The van der Waals surface area contributed by atoms with Crippen molar-refractivity contribution in [1.82, 2.24) is 14.8 Å². The Morgan fingerprint density at radius 3 is 3.00 bits per heavy atom. The molecule has 114 valence electrons. The van der Waals surface area contributed by atoms with E-state index in [0.717, 1.165) is 13.1 Å². The van der Waals surface area contributed by atoms with Crippen LogP contribution in [0.2, 0.25) is 0 Å². The zero-order valence-corrected chi connectivity index (χ0v) is 13.0. The number of carbonyl (C=O) groups is 1. The maximum Gasteiger partial charge on any atom is 0.228 e. The van der Waals surface area contributed by atoms with Gasteiger partial charge in [-0.25, -0.2) is 0 Å². The van der Waals surface area contributed by atoms with Crippen LogP contribution < -0.4 is 5.32 Å². The molecule has 4 nitrogen and oxygen atoms in total. The third-order valence-corrected chi connectivity index (χ3v) is 4.91. The maximum atomic E-state index is 12.3. The van der Waals surface area contributed by atoms with Gasteiger partial charge in [-0.2, -0.15) is 0 Å². The van der Waals surface area contributed by atoms with Gasteiger partial charge in [-0.05, 0) is 25.6 Å². The van der Waals surface area contributed by atoms with Crippen molar-refractivity contribution < 1.29 is 4.79 Å². The lowest BCUT2D eigenvalue weighted by Gasteiger charge is -2.40. The second kappa shape index (κ2) is 4.99. The Morgan fingerprint density at radius 2 is 2.18 bits per heavy atom. The SMILES string of the molecule is CCNC(=O)[C@H]1C=C2c3cccc4ccn(c34)C[C@@H]2N(C)C1. The molecule has 0 radical (unpaired) electrons. The number of carbonyl (C=O) groups excluding carboxylic acids is 1. The van der Waals surface area contributed by atoms with Crippen LogP contribution in [0.1, 0.15) is 12.5 Å². The Hall–Kier alpha value is -2.07. The van der Waals surface area contributed by atoms with Crippen LogP contribution in [0.25, 0.3) is 16.5 Å². The molecule has 2 aliphatic rings. The lowest BCUT2D eigenvalue weighted by atomic mass is 9.85. The summed E-state index contributed by atoms with van der Waals surface area (Å²) < 4.78 is 2.34. The quantitative estimate of drug-likeness (QED) is 0.921. The molecule has 1 aromatic heterocycles. The highest BCUT2D eigenvalue weighted by Gasteiger charge is 2.34. The van der Waals surface area contributed by atoms with Gasteiger partial charge in [0.1, 0.15) is 0 Å². The third-order valence-electron chi connectivity index (χ3n) is 4.91. The van der Waals surface area contributed by atoms with Crippen molar-refractivity contribution in [2.75, 3.05) is 20.1 Å². The van der Waals surface area contributed by atoms with Gasteiger partial charge in [0.05, 0.1) is 17.5 Å². The Bertz CT molecular complexity index is 774. The summed E-state index contributed by atoms with van der Waals surface area (Å²) in [6.07, 6.45) is 4.37. The number of benzene rings is 1. The first-order valence-electron chi connectivity index (χ1n) is 7.97. The standard InChI is InChI=1S/C18H21N3O/c1-3-19-18(22)13-9-15-14-6-4-5-12-7-8-21(17(12)14)11-16(15)20(2)10-13/h4-9,13,16H,3,10-11H2,1-2H3,(H,19,22)/t13-,16-/m0/s1. The summed E-state index contributed by atoms with van der Waals surface area (Å²) in [5.74, 6) is 0.0707. The first kappa shape index (κ1) is 13.6. The topological polar surface area (TPSA) is 37.3 Å². The summed E-state index contributed by atoms with van der Waals surface area (Å²) in [6, 6.07) is 8.99. The minimum Gasteiger partial charge on any atom is -0.356 e. The predicted octanol–water partition coefficient (Wildman–Crippen LogP) is 2.10. The number of hydrogen-bond acceptors (Lipinski definition) is 2. The highest BCUT2D eigenvalue weighted by Crippen LogP contribution is 2.38. The van der Waals surface area contributed by atoms with Crippen LogP contribution in [-0.4, -0.2) is 41.6 Å². The highest BCUT2D eigenvalue weighted by atomic mass is 16.1. The van der Waals surface area contributed by atoms with Crippen LogP contribution in [0, 0.1) is 5.92 Å². The first-order valence-corrected chi connectivity index (χ1v) is 7.97. The van der Waals surface area contributed by atoms with Gasteiger partial charge in [-0.3, -0.25) is 9.69 Å². The van der Waals surface area contributed by atoms with Gasteiger partial charge >= 0.3 is 0 Å². The molecule has 2 atom stereocenters. The number of para-hydroxylation sites is 1. The molecule has 1 aromatic carbocycles. The lowest BCUT2D eigenvalue weighted by Crippen LogP contribution is -2.47. The summed E-state index contributed by atoms with van der Waals surface area (Å²) in [5, 5.41) is 4.23. The molecule has 3 heterocycles. The number of aromatic nitrogens is 1. The van der Waals surface area contributed by atoms with Crippen LogP contribution in [0.3, 0.4) is 0 Å². The van der Waals surface area contributed by atoms with Crippen molar-refractivity contribution in [2.24, 2.45) is 5.92 Å². The molecule has 1 N–H and O–H groups in total. The minimum absolute atomic E-state index is 0.0621. The Labute approximate surface area is 130 Å². The molecule has 0 saturated carbocycles. The third kappa shape index (κ3) is 1.91. The smallest absolute Gasteiger partial charge is 0.228 e. The van der Waals surface area contributed by atoms with E-state index >= 15 is 0 Å². The maximum absolute atomic E-state index is 12.3. The van der Waals surface area contributed by atoms with Crippen molar-refractivity contribution in [3.8, 4) is 0 Å². The van der Waals surface area contributed by atoms with E-state index in [1.807, 2.05) is 6.92 Å². The zero-order chi connectivity index (χ0) is 15.3. The van der Waals surface area contributed by atoms with Crippen molar-refractivity contribution in [2.45, 2.75) is 19.5 Å². The fraction of sp³-hybridized carbons (Fsp3) is 0.389. The van der Waals surface area contributed by atoms with Gasteiger partial charge in [0.15, 0.2) is 0 Å². The molecule has 0 aliphatic carbocycles. The van der Waals surface area contributed by atoms with Crippen LogP contribution >= 0.6 is 0 Å². The average Bonchev–Trinajstić information content (AvgIpc) is 2.93.